The van der Waals surface area contributed by atoms with E-state index in [4.69, 9.17) is 0 Å². The minimum absolute atomic E-state index is 0.605. The van der Waals surface area contributed by atoms with E-state index in [9.17, 15) is 0 Å². The van der Waals surface area contributed by atoms with Crippen molar-refractivity contribution in [1.82, 2.24) is 14.9 Å². The monoisotopic (exact) mass is 263 g/mol. The maximum absolute atomic E-state index is 4.20. The minimum Gasteiger partial charge on any atom is -0.333 e. The van der Waals surface area contributed by atoms with Gasteiger partial charge in [0.25, 0.3) is 0 Å². The fourth-order valence-corrected chi connectivity index (χ4v) is 3.27. The number of nitrogens with one attached hydrogen (secondary N) is 1. The predicted molar refractivity (Wildman–Crippen MR) is 80.2 cm³/mol. The summed E-state index contributed by atoms with van der Waals surface area (Å²) in [5, 5.41) is 3.92. The number of nitrogens with zero attached hydrogens (tertiary/aromatic N) is 2. The second-order valence-electron chi connectivity index (χ2n) is 6.14. The van der Waals surface area contributed by atoms with Crippen LogP contribution in [0.25, 0.3) is 0 Å². The summed E-state index contributed by atoms with van der Waals surface area (Å²) in [6.07, 6.45) is 13.7. The van der Waals surface area contributed by atoms with Gasteiger partial charge >= 0.3 is 0 Å². The summed E-state index contributed by atoms with van der Waals surface area (Å²) in [5.41, 5.74) is 0. The van der Waals surface area contributed by atoms with Crippen molar-refractivity contribution in [1.29, 1.82) is 0 Å². The lowest BCUT2D eigenvalue weighted by atomic mass is 9.96. The number of hydrogen-bond acceptors (Lipinski definition) is 2. The predicted octanol–water partition coefficient (Wildman–Crippen LogP) is 3.78. The van der Waals surface area contributed by atoms with Gasteiger partial charge in [0.15, 0.2) is 0 Å². The van der Waals surface area contributed by atoms with Gasteiger partial charge in [-0.1, -0.05) is 27.2 Å². The molecule has 1 heterocycles. The number of rotatable bonds is 7. The Morgan fingerprint density at radius 3 is 2.79 bits per heavy atom. The molecule has 4 atom stereocenters. The third kappa shape index (κ3) is 3.82. The van der Waals surface area contributed by atoms with Crippen molar-refractivity contribution >= 4 is 0 Å². The van der Waals surface area contributed by atoms with Crippen LogP contribution in [-0.2, 0) is 0 Å². The minimum atomic E-state index is 0.605. The van der Waals surface area contributed by atoms with Gasteiger partial charge in [0.1, 0.15) is 0 Å². The molecule has 0 amide bonds. The van der Waals surface area contributed by atoms with Crippen LogP contribution in [0, 0.1) is 5.92 Å². The summed E-state index contributed by atoms with van der Waals surface area (Å²) in [6.45, 7) is 6.97. The lowest BCUT2D eigenvalue weighted by Crippen LogP contribution is -2.41. The van der Waals surface area contributed by atoms with Gasteiger partial charge in [-0.3, -0.25) is 0 Å². The first-order chi connectivity index (χ1) is 9.24. The third-order valence-electron chi connectivity index (χ3n) is 4.71. The molecule has 0 bridgehead atoms. The van der Waals surface area contributed by atoms with Crippen LogP contribution in [0.5, 0.6) is 0 Å². The molecular formula is C16H29N3. The Bertz CT molecular complexity index is 347. The molecule has 2 rings (SSSR count). The summed E-state index contributed by atoms with van der Waals surface area (Å²) >= 11 is 0. The van der Waals surface area contributed by atoms with E-state index in [-0.39, 0.29) is 0 Å². The maximum Gasteiger partial charge on any atom is 0.0949 e. The molecular weight excluding hydrogens is 234 g/mol. The molecule has 1 aromatic heterocycles. The second kappa shape index (κ2) is 7.09. The molecule has 19 heavy (non-hydrogen) atoms. The van der Waals surface area contributed by atoms with E-state index in [0.29, 0.717) is 18.1 Å². The average Bonchev–Trinajstić information content (AvgIpc) is 3.07. The van der Waals surface area contributed by atoms with E-state index in [1.54, 1.807) is 0 Å². The van der Waals surface area contributed by atoms with Crippen LogP contribution in [0.4, 0.5) is 0 Å². The van der Waals surface area contributed by atoms with Gasteiger partial charge in [0, 0.05) is 30.5 Å². The van der Waals surface area contributed by atoms with Crippen molar-refractivity contribution in [2.75, 3.05) is 0 Å². The van der Waals surface area contributed by atoms with Crippen LogP contribution >= 0.6 is 0 Å². The molecule has 1 fully saturated rings. The molecule has 1 aromatic rings. The fourth-order valence-electron chi connectivity index (χ4n) is 3.27. The van der Waals surface area contributed by atoms with Crippen LogP contribution in [-0.4, -0.2) is 21.6 Å². The molecule has 1 aliphatic carbocycles. The molecule has 4 unspecified atom stereocenters. The molecule has 108 valence electrons. The molecule has 3 heteroatoms. The number of aromatic nitrogens is 2. The molecule has 0 aliphatic heterocycles. The highest BCUT2D eigenvalue weighted by atomic mass is 15.1. The SMILES string of the molecule is CCC(C)CC(CC)NC1CCCC1n1ccnc1. The van der Waals surface area contributed by atoms with Crippen LogP contribution in [0.15, 0.2) is 18.7 Å². The molecule has 1 N–H and O–H groups in total. The standard InChI is InChI=1S/C16H29N3/c1-4-13(3)11-14(5-2)18-15-7-6-8-16(15)19-10-9-17-12-19/h9-10,12-16,18H,4-8,11H2,1-3H3. The van der Waals surface area contributed by atoms with Crippen LogP contribution in [0.2, 0.25) is 0 Å². The summed E-state index contributed by atoms with van der Waals surface area (Å²) in [4.78, 5) is 4.20. The van der Waals surface area contributed by atoms with E-state index < -0.39 is 0 Å². The summed E-state index contributed by atoms with van der Waals surface area (Å²) < 4.78 is 2.29. The topological polar surface area (TPSA) is 29.9 Å². The van der Waals surface area contributed by atoms with Gasteiger partial charge in [-0.2, -0.15) is 0 Å². The quantitative estimate of drug-likeness (QED) is 0.811. The van der Waals surface area contributed by atoms with Gasteiger partial charge in [0.05, 0.1) is 6.33 Å². The molecule has 3 nitrogen and oxygen atoms in total. The highest BCUT2D eigenvalue weighted by Gasteiger charge is 2.29. The molecule has 0 radical (unpaired) electrons. The number of imidazole rings is 1. The summed E-state index contributed by atoms with van der Waals surface area (Å²) in [5.74, 6) is 0.825. The second-order valence-corrected chi connectivity index (χ2v) is 6.14. The summed E-state index contributed by atoms with van der Waals surface area (Å²) in [7, 11) is 0. The van der Waals surface area contributed by atoms with Gasteiger partial charge in [-0.15, -0.1) is 0 Å². The van der Waals surface area contributed by atoms with Crippen LogP contribution in [0.3, 0.4) is 0 Å². The molecule has 1 aliphatic rings. The maximum atomic E-state index is 4.20. The fraction of sp³-hybridized carbons (Fsp3) is 0.812. The Morgan fingerprint density at radius 2 is 2.16 bits per heavy atom. The average molecular weight is 263 g/mol. The Hall–Kier alpha value is -0.830. The Balaban J connectivity index is 1.92. The first-order valence-corrected chi connectivity index (χ1v) is 7.98. The first-order valence-electron chi connectivity index (χ1n) is 7.98. The molecule has 0 saturated heterocycles. The van der Waals surface area contributed by atoms with Gasteiger partial charge in [-0.25, -0.2) is 4.98 Å². The summed E-state index contributed by atoms with van der Waals surface area (Å²) in [6, 6.07) is 1.90. The molecule has 0 spiro atoms. The Labute approximate surface area is 117 Å². The van der Waals surface area contributed by atoms with Crippen molar-refractivity contribution < 1.29 is 0 Å². The highest BCUT2D eigenvalue weighted by molar-refractivity contribution is 4.93. The number of hydrogen-bond donors (Lipinski definition) is 1. The lowest BCUT2D eigenvalue weighted by molar-refractivity contribution is 0.308. The highest BCUT2D eigenvalue weighted by Crippen LogP contribution is 2.31. The van der Waals surface area contributed by atoms with Crippen molar-refractivity contribution in [2.45, 2.75) is 77.4 Å². The van der Waals surface area contributed by atoms with Gasteiger partial charge < -0.3 is 9.88 Å². The van der Waals surface area contributed by atoms with Crippen molar-refractivity contribution in [3.63, 3.8) is 0 Å². The largest absolute Gasteiger partial charge is 0.333 e. The molecule has 0 aromatic carbocycles. The van der Waals surface area contributed by atoms with Crippen molar-refractivity contribution in [3.8, 4) is 0 Å². The van der Waals surface area contributed by atoms with Gasteiger partial charge in [0.2, 0.25) is 0 Å². The molecule has 1 saturated carbocycles. The zero-order chi connectivity index (χ0) is 13.7. The van der Waals surface area contributed by atoms with Crippen LogP contribution in [0.1, 0.15) is 65.3 Å². The van der Waals surface area contributed by atoms with Crippen molar-refractivity contribution in [3.05, 3.63) is 18.7 Å². The zero-order valence-corrected chi connectivity index (χ0v) is 12.7. The van der Waals surface area contributed by atoms with E-state index in [2.05, 4.69) is 41.8 Å². The zero-order valence-electron chi connectivity index (χ0n) is 12.7. The van der Waals surface area contributed by atoms with E-state index in [1.165, 1.54) is 38.5 Å². The van der Waals surface area contributed by atoms with E-state index >= 15 is 0 Å². The Morgan fingerprint density at radius 1 is 1.32 bits per heavy atom. The van der Waals surface area contributed by atoms with Crippen LogP contribution < -0.4 is 5.32 Å². The normalized spacial score (nSPS) is 26.5. The first kappa shape index (κ1) is 14.6. The smallest absolute Gasteiger partial charge is 0.0949 e. The Kier molecular flexibility index (Phi) is 5.44. The lowest BCUT2D eigenvalue weighted by Gasteiger charge is -2.28. The van der Waals surface area contributed by atoms with Crippen molar-refractivity contribution in [2.24, 2.45) is 5.92 Å². The third-order valence-corrected chi connectivity index (χ3v) is 4.71. The van der Waals surface area contributed by atoms with E-state index in [0.717, 1.165) is 5.92 Å². The van der Waals surface area contributed by atoms with Gasteiger partial charge in [-0.05, 0) is 38.0 Å². The van der Waals surface area contributed by atoms with E-state index in [1.807, 2.05) is 12.5 Å².